The molecule has 236 valence electrons. The molecule has 0 aliphatic carbocycles. The summed E-state index contributed by atoms with van der Waals surface area (Å²) in [4.78, 5) is 44.2. The highest BCUT2D eigenvalue weighted by Gasteiger charge is 2.67. The van der Waals surface area contributed by atoms with Gasteiger partial charge in [-0.2, -0.15) is 0 Å². The van der Waals surface area contributed by atoms with E-state index in [4.69, 9.17) is 4.74 Å². The summed E-state index contributed by atoms with van der Waals surface area (Å²) >= 11 is 0. The zero-order chi connectivity index (χ0) is 31.9. The van der Waals surface area contributed by atoms with Crippen molar-refractivity contribution in [3.8, 4) is 0 Å². The normalized spacial score (nSPS) is 26.0. The maximum Gasteiger partial charge on any atom is 0.264 e. The lowest BCUT2D eigenvalue weighted by atomic mass is 9.82. The summed E-state index contributed by atoms with van der Waals surface area (Å²) in [7, 11) is -3.43. The highest BCUT2D eigenvalue weighted by Crippen LogP contribution is 2.60. The minimum absolute atomic E-state index is 0.0355. The zero-order valence-electron chi connectivity index (χ0n) is 25.9. The molecule has 3 aliphatic rings. The van der Waals surface area contributed by atoms with Crippen LogP contribution in [-0.4, -0.2) is 61.4 Å². The van der Waals surface area contributed by atoms with Crippen molar-refractivity contribution >= 4 is 37.5 Å². The Hall–Kier alpha value is -3.86. The van der Waals surface area contributed by atoms with Gasteiger partial charge in [0.25, 0.3) is 11.8 Å². The molecule has 3 aliphatic heterocycles. The Labute approximate surface area is 264 Å². The quantitative estimate of drug-likeness (QED) is 0.249. The van der Waals surface area contributed by atoms with Gasteiger partial charge in [0.2, 0.25) is 14.3 Å². The van der Waals surface area contributed by atoms with Crippen LogP contribution in [0.3, 0.4) is 0 Å². The van der Waals surface area contributed by atoms with E-state index >= 15 is 4.11 Å². The summed E-state index contributed by atoms with van der Waals surface area (Å²) in [6, 6.07) is 23.5. The Kier molecular flexibility index (Phi) is 8.40. The van der Waals surface area contributed by atoms with E-state index in [2.05, 4.69) is 5.32 Å². The number of amides is 3. The van der Waals surface area contributed by atoms with Gasteiger partial charge in [0.05, 0.1) is 37.4 Å². The lowest BCUT2D eigenvalue weighted by molar-refractivity contribution is -0.150. The van der Waals surface area contributed by atoms with Crippen LogP contribution in [0.2, 0.25) is 18.6 Å². The molecule has 10 heteroatoms. The number of halogens is 1. The Morgan fingerprint density at radius 1 is 1.07 bits per heavy atom. The first-order chi connectivity index (χ1) is 21.5. The van der Waals surface area contributed by atoms with Crippen LogP contribution in [0, 0.1) is 5.92 Å². The third-order valence-electron chi connectivity index (χ3n) is 9.71. The van der Waals surface area contributed by atoms with Crippen molar-refractivity contribution in [2.45, 2.75) is 69.1 Å². The van der Waals surface area contributed by atoms with Gasteiger partial charge in [0, 0.05) is 34.8 Å². The summed E-state index contributed by atoms with van der Waals surface area (Å²) in [5.41, 5.74) is 1.31. The number of hydrogen-bond acceptors (Lipinski definition) is 5. The molecular weight excluding hydrogens is 589 g/mol. The van der Waals surface area contributed by atoms with Crippen molar-refractivity contribution in [3.63, 3.8) is 0 Å². The third kappa shape index (κ3) is 5.60. The predicted octanol–water partition coefficient (Wildman–Crippen LogP) is 5.63. The molecule has 5 atom stereocenters. The van der Waals surface area contributed by atoms with E-state index in [9.17, 15) is 19.5 Å². The number of nitrogens with one attached hydrogen (secondary N) is 1. The molecular formula is C35H40FN3O5Si. The van der Waals surface area contributed by atoms with E-state index in [0.717, 1.165) is 18.4 Å². The number of ether oxygens (including phenoxy) is 1. The number of para-hydroxylation sites is 1. The van der Waals surface area contributed by atoms with Crippen molar-refractivity contribution in [3.05, 3.63) is 95.6 Å². The van der Waals surface area contributed by atoms with Crippen LogP contribution < -0.4 is 10.2 Å². The Morgan fingerprint density at radius 2 is 1.80 bits per heavy atom. The van der Waals surface area contributed by atoms with Crippen molar-refractivity contribution in [2.24, 2.45) is 5.92 Å². The first kappa shape index (κ1) is 31.1. The molecule has 0 bridgehead atoms. The summed E-state index contributed by atoms with van der Waals surface area (Å²) in [5, 5.41) is 12.7. The molecule has 2 saturated heterocycles. The van der Waals surface area contributed by atoms with Gasteiger partial charge in [0.1, 0.15) is 0 Å². The van der Waals surface area contributed by atoms with E-state index in [-0.39, 0.29) is 43.3 Å². The van der Waals surface area contributed by atoms with Crippen molar-refractivity contribution in [1.82, 2.24) is 4.90 Å². The molecule has 0 saturated carbocycles. The van der Waals surface area contributed by atoms with E-state index in [1.165, 1.54) is 0 Å². The minimum atomic E-state index is -3.43. The Balaban J connectivity index is 1.29. The van der Waals surface area contributed by atoms with Gasteiger partial charge >= 0.3 is 0 Å². The maximum absolute atomic E-state index is 16.2. The van der Waals surface area contributed by atoms with Gasteiger partial charge in [0.15, 0.2) is 5.60 Å². The van der Waals surface area contributed by atoms with E-state index in [1.54, 1.807) is 53.2 Å². The van der Waals surface area contributed by atoms with Crippen molar-refractivity contribution in [1.29, 1.82) is 0 Å². The lowest BCUT2D eigenvalue weighted by Crippen LogP contribution is -2.45. The minimum Gasteiger partial charge on any atom is -0.394 e. The van der Waals surface area contributed by atoms with E-state index in [0.29, 0.717) is 29.0 Å². The standard InChI is InChI=1S/C35H40FN3O5Si/c1-23-32(45(2,3)36)30(20-31(41)38-18-10-15-27(38)22-40)44-35(23)28-16-7-8-17-29(28)39(34(35)43)21-24-11-9-14-26(19-24)37-33(42)25-12-5-4-6-13-25/h4-9,11-14,16-17,19,23,27,30,32,40H,10,15,18,20-22H2,1-3H3,(H,37,42)/t23-,27+,30+,32-,35+/m1/s1. The number of aliphatic hydroxyl groups is 1. The Bertz CT molecular complexity index is 1600. The average molecular weight is 630 g/mol. The van der Waals surface area contributed by atoms with Gasteiger partial charge in [-0.25, -0.2) is 0 Å². The molecule has 3 heterocycles. The van der Waals surface area contributed by atoms with Crippen LogP contribution in [-0.2, 0) is 26.5 Å². The number of anilines is 2. The number of aliphatic hydroxyl groups excluding tert-OH is 1. The molecule has 3 aromatic carbocycles. The van der Waals surface area contributed by atoms with Crippen molar-refractivity contribution in [2.75, 3.05) is 23.4 Å². The number of nitrogens with zero attached hydrogens (tertiary/aromatic N) is 2. The smallest absolute Gasteiger partial charge is 0.264 e. The highest BCUT2D eigenvalue weighted by atomic mass is 28.4. The number of carbonyl (C=O) groups excluding carboxylic acids is 3. The van der Waals surface area contributed by atoms with Crippen LogP contribution in [0.25, 0.3) is 0 Å². The summed E-state index contributed by atoms with van der Waals surface area (Å²) in [6.07, 6.45) is 0.742. The first-order valence-corrected chi connectivity index (χ1v) is 18.6. The molecule has 6 rings (SSSR count). The van der Waals surface area contributed by atoms with Crippen LogP contribution in [0.15, 0.2) is 78.9 Å². The number of benzene rings is 3. The molecule has 1 spiro atoms. The highest BCUT2D eigenvalue weighted by molar-refractivity contribution is 6.72. The second-order valence-corrected chi connectivity index (χ2v) is 16.8. The summed E-state index contributed by atoms with van der Waals surface area (Å²) in [5.74, 6) is -1.19. The maximum atomic E-state index is 16.2. The molecule has 2 fully saturated rings. The fourth-order valence-corrected chi connectivity index (χ4v) is 10.2. The van der Waals surface area contributed by atoms with E-state index in [1.807, 2.05) is 55.5 Å². The largest absolute Gasteiger partial charge is 0.394 e. The number of carbonyl (C=O) groups is 3. The molecule has 2 N–H and O–H groups in total. The number of hydrogen-bond donors (Lipinski definition) is 2. The zero-order valence-corrected chi connectivity index (χ0v) is 26.9. The Morgan fingerprint density at radius 3 is 2.53 bits per heavy atom. The predicted molar refractivity (Wildman–Crippen MR) is 173 cm³/mol. The average Bonchev–Trinajstić information content (AvgIpc) is 3.68. The SMILES string of the molecule is C[C@@H]1[C@@H]([Si](C)(C)F)[C@H](CC(=O)N2CCC[C@H]2CO)O[C@@]12C(=O)N(Cc1cccc(NC(=O)c3ccccc3)c1)c1ccccc12. The molecule has 0 radical (unpaired) electrons. The molecule has 3 amide bonds. The molecule has 45 heavy (non-hydrogen) atoms. The summed E-state index contributed by atoms with van der Waals surface area (Å²) in [6.45, 7) is 5.80. The fourth-order valence-electron chi connectivity index (χ4n) is 7.72. The van der Waals surface area contributed by atoms with Gasteiger partial charge in [-0.3, -0.25) is 14.4 Å². The number of fused-ring (bicyclic) bond motifs is 2. The van der Waals surface area contributed by atoms with Crippen molar-refractivity contribution < 1.29 is 28.3 Å². The lowest BCUT2D eigenvalue weighted by Gasteiger charge is -2.31. The molecule has 0 unspecified atom stereocenters. The monoisotopic (exact) mass is 629 g/mol. The van der Waals surface area contributed by atoms with Crippen LogP contribution >= 0.6 is 0 Å². The van der Waals surface area contributed by atoms with Gasteiger partial charge in [-0.05, 0) is 61.8 Å². The van der Waals surface area contributed by atoms with Gasteiger partial charge < -0.3 is 29.1 Å². The number of rotatable bonds is 8. The number of likely N-dealkylation sites (tertiary alicyclic amines) is 1. The van der Waals surface area contributed by atoms with Crippen LogP contribution in [0.1, 0.15) is 47.7 Å². The first-order valence-electron chi connectivity index (χ1n) is 15.7. The molecule has 3 aromatic rings. The molecule has 0 aromatic heterocycles. The van der Waals surface area contributed by atoms with Gasteiger partial charge in [-0.1, -0.05) is 55.5 Å². The van der Waals surface area contributed by atoms with Crippen LogP contribution in [0.5, 0.6) is 0 Å². The second-order valence-electron chi connectivity index (χ2n) is 13.0. The summed E-state index contributed by atoms with van der Waals surface area (Å²) < 4.78 is 22.9. The topological polar surface area (TPSA) is 99.2 Å². The molecule has 8 nitrogen and oxygen atoms in total. The van der Waals surface area contributed by atoms with Gasteiger partial charge in [-0.15, -0.1) is 0 Å². The third-order valence-corrected chi connectivity index (χ3v) is 12.2. The second kappa shape index (κ2) is 12.1. The fraction of sp³-hybridized carbons (Fsp3) is 0.400. The van der Waals surface area contributed by atoms with Crippen LogP contribution in [0.4, 0.5) is 15.5 Å². The van der Waals surface area contributed by atoms with E-state index < -0.39 is 31.6 Å².